The van der Waals surface area contributed by atoms with Gasteiger partial charge in [0, 0.05) is 43.4 Å². The quantitative estimate of drug-likeness (QED) is 0.114. The Morgan fingerprint density at radius 1 is 0.133 bits per heavy atom. The minimum Gasteiger partial charge on any atom is -0.456 e. The summed E-state index contributed by atoms with van der Waals surface area (Å²) in [5.41, 5.74) is 15.5. The molecule has 27 rings (SSSR count). The predicted molar refractivity (Wildman–Crippen MR) is 571 cm³/mol. The highest BCUT2D eigenvalue weighted by atomic mass is 16.3. The normalized spacial score (nSPS) is 15.1. The van der Waals surface area contributed by atoms with Crippen molar-refractivity contribution in [3.05, 3.63) is 509 Å². The molecule has 3 heterocycles. The summed E-state index contributed by atoms with van der Waals surface area (Å²) in [7, 11) is 0. The summed E-state index contributed by atoms with van der Waals surface area (Å²) in [5, 5.41) is 3.44. The zero-order chi connectivity index (χ0) is 119. The highest BCUT2D eigenvalue weighted by Crippen LogP contribution is 2.53. The maximum atomic E-state index is 9.31. The second-order valence-electron chi connectivity index (χ2n) is 32.4. The lowest BCUT2D eigenvalue weighted by Crippen LogP contribution is -1.90. The molecule has 135 heavy (non-hydrogen) atoms. The van der Waals surface area contributed by atoms with Crippen LogP contribution in [0.5, 0.6) is 0 Å². The van der Waals surface area contributed by atoms with Crippen LogP contribution in [-0.4, -0.2) is 0 Å². The first-order chi connectivity index (χ1) is 81.1. The van der Waals surface area contributed by atoms with Crippen molar-refractivity contribution in [2.24, 2.45) is 0 Å². The van der Waals surface area contributed by atoms with Crippen molar-refractivity contribution >= 4 is 130 Å². The summed E-state index contributed by atoms with van der Waals surface area (Å²) in [6.07, 6.45) is 0. The van der Waals surface area contributed by atoms with Gasteiger partial charge in [0.2, 0.25) is 0 Å². The van der Waals surface area contributed by atoms with Gasteiger partial charge in [-0.1, -0.05) is 448 Å². The molecule has 0 radical (unpaired) electrons. The predicted octanol–water partition coefficient (Wildman–Crippen LogP) is 37.7. The lowest BCUT2D eigenvalue weighted by Gasteiger charge is -2.17. The van der Waals surface area contributed by atoms with Crippen LogP contribution in [0, 0.1) is 0 Å². The smallest absolute Gasteiger partial charge is 0.143 e. The summed E-state index contributed by atoms with van der Waals surface area (Å²) in [5.74, 6) is 0. The van der Waals surface area contributed by atoms with Gasteiger partial charge in [-0.2, -0.15) is 0 Å². The van der Waals surface area contributed by atoms with Gasteiger partial charge in [-0.05, 0) is 248 Å². The fourth-order valence-electron chi connectivity index (χ4n) is 19.1. The molecule has 27 aromatic rings. The van der Waals surface area contributed by atoms with Crippen molar-refractivity contribution < 1.29 is 59.9 Å². The lowest BCUT2D eigenvalue weighted by molar-refractivity contribution is 0.669. The Morgan fingerprint density at radius 2 is 0.415 bits per heavy atom. The van der Waals surface area contributed by atoms with Crippen LogP contribution in [0.2, 0.25) is 0 Å². The Hall–Kier alpha value is -17.8. The molecule has 0 aliphatic carbocycles. The average molecular weight is 1750 g/mol. The highest BCUT2D eigenvalue weighted by Gasteiger charge is 2.27. The van der Waals surface area contributed by atoms with Gasteiger partial charge in [-0.25, -0.2) is 0 Å². The molecule has 0 spiro atoms. The number of benzene rings is 24. The van der Waals surface area contributed by atoms with Crippen LogP contribution in [-0.2, 0) is 0 Å². The largest absolute Gasteiger partial charge is 0.456 e. The number of rotatable bonds is 12. The molecule has 630 valence electrons. The van der Waals surface area contributed by atoms with Crippen LogP contribution < -0.4 is 0 Å². The Morgan fingerprint density at radius 3 is 0.815 bits per heavy atom. The van der Waals surface area contributed by atoms with Gasteiger partial charge in [0.05, 0.1) is 46.6 Å². The van der Waals surface area contributed by atoms with Crippen LogP contribution in [0.1, 0.15) is 46.6 Å². The Bertz CT molecular complexity index is 11200. The maximum absolute atomic E-state index is 9.31. The molecule has 24 aromatic carbocycles. The fourth-order valence-corrected chi connectivity index (χ4v) is 19.1. The van der Waals surface area contributed by atoms with Crippen LogP contribution >= 0.6 is 0 Å². The standard InChI is InChI=1S/3C44H28O/c1-4-14-29(15-5-1)33-25-26-34(30-16-6-2-7-17-30)44-43(33)39-28-32(24-27-40(39)45-44)42-37-22-12-10-20-35(37)41(31-18-8-3-9-19-31)36-21-11-13-23-38(36)42;1-4-14-29(15-5-1)33-25-26-38-39-28-32(24-27-40(39)45-44(38)43(33)31-18-8-3-9-19-31)42-36-22-12-10-20-34(36)41(30-16-6-2-7-17-30)35-21-11-13-23-37(35)42;1-4-14-29(15-5-1)33-27-38(30-16-6-2-7-17-30)44-39-26-32(24-25-40(39)45-41(44)28-33)43-36-22-12-10-20-34(36)42(31-18-8-3-9-19-31)35-21-11-13-23-37(35)43/h3*1-28H/i10D,11D,12D,13D,20D,21D,22D,23D;2D,6D,7D,10D,11D,12D,13D,16D,17D,20D,21D,22D,23D;3D,8D,9D,10D,11D,12D,13D,18D,19D,20D,21D,22D,23D. The summed E-state index contributed by atoms with van der Waals surface area (Å²) in [6, 6.07) is 76.5. The number of fused-ring (bicyclic) bond motifs is 15. The van der Waals surface area contributed by atoms with E-state index in [2.05, 4.69) is 18.2 Å². The lowest BCUT2D eigenvalue weighted by atomic mass is 9.85. The molecule has 0 amide bonds. The molecule has 3 aromatic heterocycles. The molecule has 0 atom stereocenters. The van der Waals surface area contributed by atoms with E-state index in [0.717, 1.165) is 88.3 Å². The van der Waals surface area contributed by atoms with E-state index in [-0.39, 0.29) is 111 Å². The Balaban J connectivity index is 0.000000127. The summed E-state index contributed by atoms with van der Waals surface area (Å²) in [6.45, 7) is 0. The van der Waals surface area contributed by atoms with Crippen LogP contribution in [0.15, 0.2) is 522 Å². The second-order valence-corrected chi connectivity index (χ2v) is 32.4. The molecular weight excluding hydrogens is 1630 g/mol. The average Bonchev–Trinajstić information content (AvgIpc) is 1.67. The molecule has 0 aliphatic heterocycles. The number of hydrogen-bond acceptors (Lipinski definition) is 3. The zero-order valence-corrected chi connectivity index (χ0v) is 71.1. The van der Waals surface area contributed by atoms with Gasteiger partial charge in [-0.3, -0.25) is 0 Å². The summed E-state index contributed by atoms with van der Waals surface area (Å²) in [4.78, 5) is 0. The van der Waals surface area contributed by atoms with Crippen molar-refractivity contribution in [1.82, 2.24) is 0 Å². The van der Waals surface area contributed by atoms with E-state index >= 15 is 0 Å². The first kappa shape index (κ1) is 51.6. The maximum Gasteiger partial charge on any atom is 0.143 e. The topological polar surface area (TPSA) is 39.4 Å². The van der Waals surface area contributed by atoms with E-state index in [0.29, 0.717) is 77.7 Å². The Labute approximate surface area is 829 Å². The molecule has 0 saturated heterocycles. The van der Waals surface area contributed by atoms with E-state index in [1.165, 1.54) is 0 Å². The molecule has 0 saturated carbocycles. The monoisotopic (exact) mass is 1750 g/mol. The minimum atomic E-state index is -0.718. The molecule has 3 heteroatoms. The zero-order valence-electron chi connectivity index (χ0n) is 105. The van der Waals surface area contributed by atoms with Gasteiger partial charge < -0.3 is 13.3 Å². The highest BCUT2D eigenvalue weighted by molar-refractivity contribution is 6.27. The summed E-state index contributed by atoms with van der Waals surface area (Å²) >= 11 is 0. The van der Waals surface area contributed by atoms with Gasteiger partial charge >= 0.3 is 0 Å². The van der Waals surface area contributed by atoms with Crippen LogP contribution in [0.3, 0.4) is 0 Å². The minimum absolute atomic E-state index is 0.0542. The molecular formula is C132H84O3. The van der Waals surface area contributed by atoms with Crippen molar-refractivity contribution in [3.63, 3.8) is 0 Å². The van der Waals surface area contributed by atoms with E-state index in [4.69, 9.17) is 43.4 Å². The molecule has 0 bridgehead atoms. The van der Waals surface area contributed by atoms with Gasteiger partial charge in [0.1, 0.15) is 33.5 Å². The van der Waals surface area contributed by atoms with E-state index in [9.17, 15) is 16.4 Å². The molecule has 0 unspecified atom stereocenters. The van der Waals surface area contributed by atoms with Crippen molar-refractivity contribution in [3.8, 4) is 134 Å². The molecule has 0 fully saturated rings. The number of furan rings is 3. The van der Waals surface area contributed by atoms with E-state index in [1.807, 2.05) is 218 Å². The third-order valence-corrected chi connectivity index (χ3v) is 24.9. The van der Waals surface area contributed by atoms with Crippen molar-refractivity contribution in [2.45, 2.75) is 0 Å². The second kappa shape index (κ2) is 33.9. The first-order valence-corrected chi connectivity index (χ1v) is 43.5. The SMILES string of the molecule is [2H]c1c([2H])c([2H])c(-c2c3c([2H])c([2H])c([2H])c([2H])c3c(-c3ccc4oc5c(-c6ccccc6)c(-c6ccccc6)ccc5c4c3)c3c([2H])c([2H])c([2H])c([2H])c23)c([2H])c1[2H].[2H]c1c([2H])c([2H])c(-c2c3c([2H])c([2H])c([2H])c([2H])c3c(-c3ccc4oc5cc(-c6ccccc6)cc(-c6ccccc6)c5c4c3)c3c([2H])c([2H])c([2H])c([2H])c23)c([2H])c1[2H].[2H]c1c([2H])c([2H])c2c(-c3ccc4oc5c(-c6ccccc6)ccc(-c6ccccc6)c5c4c3)c3c([2H])c([2H])c([2H])c([2H])c3c(-c3ccccc3)c2c1[2H]. The van der Waals surface area contributed by atoms with Gasteiger partial charge in [0.15, 0.2) is 0 Å². The molecule has 3 nitrogen and oxygen atoms in total. The van der Waals surface area contributed by atoms with Crippen molar-refractivity contribution in [1.29, 1.82) is 0 Å². The Kier molecular flexibility index (Phi) is 13.0. The summed E-state index contributed by atoms with van der Waals surface area (Å²) < 4.78 is 322. The van der Waals surface area contributed by atoms with Crippen LogP contribution in [0.4, 0.5) is 0 Å². The van der Waals surface area contributed by atoms with E-state index in [1.54, 1.807) is 66.7 Å². The fraction of sp³-hybridized carbons (Fsp3) is 0. The van der Waals surface area contributed by atoms with Gasteiger partial charge in [0.25, 0.3) is 0 Å². The van der Waals surface area contributed by atoms with Crippen LogP contribution in [0.25, 0.3) is 264 Å². The van der Waals surface area contributed by atoms with E-state index < -0.39 is 192 Å². The third-order valence-electron chi connectivity index (χ3n) is 24.9. The van der Waals surface area contributed by atoms with Gasteiger partial charge in [-0.15, -0.1) is 0 Å². The number of hydrogen-bond donors (Lipinski definition) is 0. The molecule has 0 aliphatic rings. The van der Waals surface area contributed by atoms with Crippen molar-refractivity contribution in [2.75, 3.05) is 0 Å². The first-order valence-electron chi connectivity index (χ1n) is 60.5. The molecule has 0 N–H and O–H groups in total. The third kappa shape index (κ3) is 14.0.